The number of amides is 1. The van der Waals surface area contributed by atoms with Crippen LogP contribution in [0.15, 0.2) is 54.6 Å². The van der Waals surface area contributed by atoms with E-state index < -0.39 is 0 Å². The van der Waals surface area contributed by atoms with E-state index in [1.54, 1.807) is 19.2 Å². The summed E-state index contributed by atoms with van der Waals surface area (Å²) in [7, 11) is 1.59. The molecule has 6 nitrogen and oxygen atoms in total. The summed E-state index contributed by atoms with van der Waals surface area (Å²) in [6.45, 7) is 0. The second kappa shape index (κ2) is 9.55. The molecule has 0 unspecified atom stereocenters. The van der Waals surface area contributed by atoms with Gasteiger partial charge in [-0.25, -0.2) is 0 Å². The normalized spacial score (nSPS) is 9.64. The van der Waals surface area contributed by atoms with Crippen LogP contribution in [0, 0.1) is 0 Å². The molecule has 0 aliphatic heterocycles. The van der Waals surface area contributed by atoms with Crippen molar-refractivity contribution >= 4 is 46.3 Å². The summed E-state index contributed by atoms with van der Waals surface area (Å²) < 4.78 is 5.08. The number of para-hydroxylation sites is 1. The largest absolute Gasteiger partial charge is 0.497 e. The van der Waals surface area contributed by atoms with Crippen molar-refractivity contribution in [2.24, 2.45) is 0 Å². The van der Waals surface area contributed by atoms with E-state index in [9.17, 15) is 4.79 Å². The Morgan fingerprint density at radius 1 is 0.960 bits per heavy atom. The molecular weight excluding hydrogens is 356 g/mol. The number of carbonyl (C=O) groups excluding carboxylic acids is 1. The van der Waals surface area contributed by atoms with Gasteiger partial charge in [0, 0.05) is 5.69 Å². The van der Waals surface area contributed by atoms with Crippen molar-refractivity contribution in [3.05, 3.63) is 60.2 Å². The smallest absolute Gasteiger partial charge is 0.230 e. The second-order valence-corrected chi connectivity index (χ2v) is 5.79. The molecule has 2 aromatic rings. The molecule has 0 saturated heterocycles. The first-order valence-corrected chi connectivity index (χ1v) is 8.23. The predicted molar refractivity (Wildman–Crippen MR) is 106 cm³/mol. The highest BCUT2D eigenvalue weighted by Crippen LogP contribution is 2.11. The third-order valence-corrected chi connectivity index (χ3v) is 3.51. The molecule has 0 spiro atoms. The molecule has 2 rings (SSSR count). The minimum Gasteiger partial charge on any atom is -0.497 e. The number of thiocarbonyl (C=S) groups is 2. The molecule has 0 heterocycles. The summed E-state index contributed by atoms with van der Waals surface area (Å²) in [5.41, 5.74) is 7.08. The van der Waals surface area contributed by atoms with Gasteiger partial charge in [0.1, 0.15) is 5.75 Å². The topological polar surface area (TPSA) is 74.4 Å². The molecule has 130 valence electrons. The maximum absolute atomic E-state index is 12.0. The third kappa shape index (κ3) is 6.74. The first-order chi connectivity index (χ1) is 12.1. The van der Waals surface area contributed by atoms with Crippen LogP contribution in [0.4, 0.5) is 5.69 Å². The number of benzene rings is 2. The molecule has 0 saturated carbocycles. The Balaban J connectivity index is 1.71. The van der Waals surface area contributed by atoms with Crippen LogP contribution in [0.2, 0.25) is 0 Å². The van der Waals surface area contributed by atoms with Gasteiger partial charge in [-0.2, -0.15) is 0 Å². The molecule has 4 N–H and O–H groups in total. The van der Waals surface area contributed by atoms with E-state index in [4.69, 9.17) is 29.2 Å². The Morgan fingerprint density at radius 2 is 1.60 bits per heavy atom. The highest BCUT2D eigenvalue weighted by Gasteiger charge is 2.06. The number of rotatable bonds is 4. The first kappa shape index (κ1) is 18.6. The number of nitrogens with one attached hydrogen (secondary N) is 4. The fourth-order valence-electron chi connectivity index (χ4n) is 1.93. The average Bonchev–Trinajstić information content (AvgIpc) is 2.61. The minimum atomic E-state index is -0.230. The standard InChI is InChI=1S/C17H18N4O2S2/c1-23-14-9-7-12(8-10-14)11-15(22)19-17(25)21-20-16(24)18-13-5-3-2-4-6-13/h2-10H,11H2,1H3,(H2,18,20,24)(H2,19,21,22,25). The van der Waals surface area contributed by atoms with Crippen molar-refractivity contribution in [3.8, 4) is 5.75 Å². The van der Waals surface area contributed by atoms with Crippen molar-refractivity contribution in [2.45, 2.75) is 6.42 Å². The van der Waals surface area contributed by atoms with Crippen LogP contribution in [-0.2, 0) is 11.2 Å². The zero-order valence-corrected chi connectivity index (χ0v) is 15.2. The van der Waals surface area contributed by atoms with Gasteiger partial charge in [0.25, 0.3) is 0 Å². The number of hydrazine groups is 1. The van der Waals surface area contributed by atoms with Gasteiger partial charge in [-0.05, 0) is 54.3 Å². The van der Waals surface area contributed by atoms with Crippen molar-refractivity contribution in [1.82, 2.24) is 16.2 Å². The monoisotopic (exact) mass is 374 g/mol. The highest BCUT2D eigenvalue weighted by atomic mass is 32.1. The molecule has 0 atom stereocenters. The SMILES string of the molecule is COc1ccc(CC(=O)NC(=S)NNC(=S)Nc2ccccc2)cc1. The van der Waals surface area contributed by atoms with Crippen molar-refractivity contribution in [3.63, 3.8) is 0 Å². The van der Waals surface area contributed by atoms with E-state index in [-0.39, 0.29) is 17.4 Å². The first-order valence-electron chi connectivity index (χ1n) is 7.41. The van der Waals surface area contributed by atoms with Gasteiger partial charge < -0.3 is 15.4 Å². The molecule has 0 bridgehead atoms. The molecule has 8 heteroatoms. The van der Waals surface area contributed by atoms with Gasteiger partial charge in [0.2, 0.25) is 5.91 Å². The van der Waals surface area contributed by atoms with E-state index in [0.29, 0.717) is 5.11 Å². The maximum atomic E-state index is 12.0. The van der Waals surface area contributed by atoms with Crippen molar-refractivity contribution in [1.29, 1.82) is 0 Å². The van der Waals surface area contributed by atoms with Crippen LogP contribution in [0.3, 0.4) is 0 Å². The van der Waals surface area contributed by atoms with Gasteiger partial charge in [-0.15, -0.1) is 0 Å². The molecule has 2 aromatic carbocycles. The summed E-state index contributed by atoms with van der Waals surface area (Å²) in [4.78, 5) is 12.0. The number of methoxy groups -OCH3 is 1. The summed E-state index contributed by atoms with van der Waals surface area (Å²) >= 11 is 10.2. The van der Waals surface area contributed by atoms with E-state index in [2.05, 4.69) is 21.5 Å². The number of ether oxygens (including phenoxy) is 1. The Labute approximate surface area is 156 Å². The Bertz CT molecular complexity index is 736. The Morgan fingerprint density at radius 3 is 2.24 bits per heavy atom. The molecule has 0 fully saturated rings. The Hall–Kier alpha value is -2.71. The summed E-state index contributed by atoms with van der Waals surface area (Å²) in [5, 5.41) is 6.02. The van der Waals surface area contributed by atoms with Crippen molar-refractivity contribution < 1.29 is 9.53 Å². The molecule has 0 aromatic heterocycles. The molecule has 0 aliphatic rings. The average molecular weight is 374 g/mol. The van der Waals surface area contributed by atoms with Gasteiger partial charge in [0.05, 0.1) is 13.5 Å². The van der Waals surface area contributed by atoms with Crippen LogP contribution in [0.5, 0.6) is 5.75 Å². The van der Waals surface area contributed by atoms with E-state index in [1.807, 2.05) is 42.5 Å². The lowest BCUT2D eigenvalue weighted by Gasteiger charge is -2.13. The van der Waals surface area contributed by atoms with Crippen LogP contribution in [0.25, 0.3) is 0 Å². The molecule has 1 amide bonds. The van der Waals surface area contributed by atoms with Crippen LogP contribution in [-0.4, -0.2) is 23.2 Å². The number of hydrogen-bond donors (Lipinski definition) is 4. The molecule has 0 aliphatic carbocycles. The Kier molecular flexibility index (Phi) is 7.12. The number of anilines is 1. The highest BCUT2D eigenvalue weighted by molar-refractivity contribution is 7.80. The summed E-state index contributed by atoms with van der Waals surface area (Å²) in [6, 6.07) is 16.7. The summed E-state index contributed by atoms with van der Waals surface area (Å²) in [5.74, 6) is 0.511. The van der Waals surface area contributed by atoms with Crippen LogP contribution >= 0.6 is 24.4 Å². The van der Waals surface area contributed by atoms with Crippen LogP contribution < -0.4 is 26.2 Å². The summed E-state index contributed by atoms with van der Waals surface area (Å²) in [6.07, 6.45) is 0.207. The van der Waals surface area contributed by atoms with Gasteiger partial charge in [0.15, 0.2) is 10.2 Å². The lowest BCUT2D eigenvalue weighted by molar-refractivity contribution is -0.119. The molecule has 0 radical (unpaired) electrons. The van der Waals surface area contributed by atoms with Gasteiger partial charge in [-0.3, -0.25) is 15.6 Å². The van der Waals surface area contributed by atoms with Crippen LogP contribution in [0.1, 0.15) is 5.56 Å². The predicted octanol–water partition coefficient (Wildman–Crippen LogP) is 2.13. The quantitative estimate of drug-likeness (QED) is 0.483. The maximum Gasteiger partial charge on any atom is 0.230 e. The van der Waals surface area contributed by atoms with Crippen molar-refractivity contribution in [2.75, 3.05) is 12.4 Å². The molecule has 25 heavy (non-hydrogen) atoms. The lowest BCUT2D eigenvalue weighted by atomic mass is 10.1. The fourth-order valence-corrected chi connectivity index (χ4v) is 2.26. The van der Waals surface area contributed by atoms with Gasteiger partial charge in [-0.1, -0.05) is 30.3 Å². The van der Waals surface area contributed by atoms with Gasteiger partial charge >= 0.3 is 0 Å². The minimum absolute atomic E-state index is 0.135. The zero-order chi connectivity index (χ0) is 18.1. The number of hydrogen-bond acceptors (Lipinski definition) is 4. The third-order valence-electron chi connectivity index (χ3n) is 3.10. The fraction of sp³-hybridized carbons (Fsp3) is 0.118. The lowest BCUT2D eigenvalue weighted by Crippen LogP contribution is -2.49. The van der Waals surface area contributed by atoms with E-state index in [1.165, 1.54) is 0 Å². The van der Waals surface area contributed by atoms with E-state index in [0.717, 1.165) is 17.0 Å². The van der Waals surface area contributed by atoms with E-state index >= 15 is 0 Å². The molecular formula is C17H18N4O2S2. The zero-order valence-electron chi connectivity index (χ0n) is 13.5. The number of carbonyl (C=O) groups is 1. The second-order valence-electron chi connectivity index (χ2n) is 4.97.